The van der Waals surface area contributed by atoms with Gasteiger partial charge in [-0.05, 0) is 25.6 Å². The minimum atomic E-state index is 0.787. The Morgan fingerprint density at radius 1 is 1.29 bits per heavy atom. The van der Waals surface area contributed by atoms with Crippen molar-refractivity contribution in [3.8, 4) is 0 Å². The highest BCUT2D eigenvalue weighted by Gasteiger charge is 2.11. The Hall–Kier alpha value is -1.46. The van der Waals surface area contributed by atoms with Crippen LogP contribution in [0.15, 0.2) is 24.7 Å². The van der Waals surface area contributed by atoms with Crippen molar-refractivity contribution < 1.29 is 0 Å². The maximum atomic E-state index is 4.53. The first kappa shape index (κ1) is 10.7. The molecule has 5 heteroatoms. The number of imidazole rings is 1. The number of hydrogen-bond donors (Lipinski definition) is 1. The van der Waals surface area contributed by atoms with Crippen LogP contribution in [0.3, 0.4) is 0 Å². The van der Waals surface area contributed by atoms with E-state index in [-0.39, 0.29) is 0 Å². The molecular formula is C12H17N5. The van der Waals surface area contributed by atoms with Gasteiger partial charge in [-0.2, -0.15) is 0 Å². The van der Waals surface area contributed by atoms with Gasteiger partial charge in [-0.3, -0.25) is 9.30 Å². The molecule has 0 aromatic carbocycles. The summed E-state index contributed by atoms with van der Waals surface area (Å²) in [5.74, 6) is 0.787. The van der Waals surface area contributed by atoms with Gasteiger partial charge in [0.25, 0.3) is 0 Å². The Morgan fingerprint density at radius 3 is 3.24 bits per heavy atom. The second-order valence-electron chi connectivity index (χ2n) is 4.44. The summed E-state index contributed by atoms with van der Waals surface area (Å²) in [6.45, 7) is 5.37. The molecular weight excluding hydrogens is 214 g/mol. The van der Waals surface area contributed by atoms with E-state index in [1.165, 1.54) is 6.42 Å². The molecule has 90 valence electrons. The number of rotatable bonds is 2. The Balaban J connectivity index is 1.75. The van der Waals surface area contributed by atoms with Crippen LogP contribution in [0.4, 0.5) is 0 Å². The SMILES string of the molecule is c1cnc2nc(CN3CCCNCC3)cn2c1. The number of nitrogens with one attached hydrogen (secondary N) is 1. The minimum absolute atomic E-state index is 0.787. The van der Waals surface area contributed by atoms with Gasteiger partial charge in [-0.25, -0.2) is 9.97 Å². The summed E-state index contributed by atoms with van der Waals surface area (Å²) < 4.78 is 1.98. The summed E-state index contributed by atoms with van der Waals surface area (Å²) in [6, 6.07) is 1.92. The van der Waals surface area contributed by atoms with Gasteiger partial charge in [-0.1, -0.05) is 0 Å². The van der Waals surface area contributed by atoms with Gasteiger partial charge in [0, 0.05) is 38.2 Å². The lowest BCUT2D eigenvalue weighted by Gasteiger charge is -2.17. The molecule has 0 atom stereocenters. The lowest BCUT2D eigenvalue weighted by atomic mass is 10.3. The molecule has 0 spiro atoms. The van der Waals surface area contributed by atoms with Crippen molar-refractivity contribution in [2.75, 3.05) is 26.2 Å². The van der Waals surface area contributed by atoms with Crippen LogP contribution in [0.25, 0.3) is 5.78 Å². The van der Waals surface area contributed by atoms with E-state index in [4.69, 9.17) is 0 Å². The Bertz CT molecular complexity index is 451. The molecule has 5 nitrogen and oxygen atoms in total. The molecule has 1 fully saturated rings. The topological polar surface area (TPSA) is 45.5 Å². The zero-order valence-electron chi connectivity index (χ0n) is 9.84. The van der Waals surface area contributed by atoms with Crippen molar-refractivity contribution >= 4 is 5.78 Å². The molecule has 3 rings (SSSR count). The van der Waals surface area contributed by atoms with Crippen LogP contribution < -0.4 is 5.32 Å². The maximum absolute atomic E-state index is 4.53. The van der Waals surface area contributed by atoms with E-state index >= 15 is 0 Å². The van der Waals surface area contributed by atoms with Crippen molar-refractivity contribution in [1.29, 1.82) is 0 Å². The second-order valence-corrected chi connectivity index (χ2v) is 4.44. The normalized spacial score (nSPS) is 18.4. The first-order valence-corrected chi connectivity index (χ1v) is 6.13. The second kappa shape index (κ2) is 4.81. The van der Waals surface area contributed by atoms with Gasteiger partial charge < -0.3 is 5.32 Å². The van der Waals surface area contributed by atoms with Crippen LogP contribution in [-0.2, 0) is 6.54 Å². The molecule has 1 aliphatic heterocycles. The maximum Gasteiger partial charge on any atom is 0.233 e. The Morgan fingerprint density at radius 2 is 2.29 bits per heavy atom. The third kappa shape index (κ3) is 2.45. The molecule has 0 bridgehead atoms. The quantitative estimate of drug-likeness (QED) is 0.818. The molecule has 3 heterocycles. The Labute approximate surface area is 100 Å². The number of aromatic nitrogens is 3. The van der Waals surface area contributed by atoms with E-state index in [9.17, 15) is 0 Å². The molecule has 0 unspecified atom stereocenters. The first-order valence-electron chi connectivity index (χ1n) is 6.13. The van der Waals surface area contributed by atoms with Gasteiger partial charge in [0.2, 0.25) is 5.78 Å². The van der Waals surface area contributed by atoms with Gasteiger partial charge in [0.1, 0.15) is 0 Å². The summed E-state index contributed by atoms with van der Waals surface area (Å²) in [5, 5.41) is 3.41. The fourth-order valence-corrected chi connectivity index (χ4v) is 2.24. The standard InChI is InChI=1S/C12H17N5/c1-3-13-5-8-16(6-1)9-11-10-17-7-2-4-14-12(17)15-11/h2,4,7,10,13H,1,3,5-6,8-9H2. The van der Waals surface area contributed by atoms with E-state index in [0.29, 0.717) is 0 Å². The molecule has 1 aliphatic rings. The van der Waals surface area contributed by atoms with Crippen LogP contribution in [-0.4, -0.2) is 45.4 Å². The smallest absolute Gasteiger partial charge is 0.233 e. The zero-order chi connectivity index (χ0) is 11.5. The van der Waals surface area contributed by atoms with Crippen molar-refractivity contribution in [3.05, 3.63) is 30.4 Å². The highest BCUT2D eigenvalue weighted by Crippen LogP contribution is 2.06. The van der Waals surface area contributed by atoms with E-state index in [1.807, 2.05) is 16.7 Å². The number of nitrogens with zero attached hydrogens (tertiary/aromatic N) is 4. The molecule has 17 heavy (non-hydrogen) atoms. The molecule has 0 aliphatic carbocycles. The average Bonchev–Trinajstić information content (AvgIpc) is 2.57. The van der Waals surface area contributed by atoms with Crippen LogP contribution in [0.2, 0.25) is 0 Å². The predicted molar refractivity (Wildman–Crippen MR) is 65.8 cm³/mol. The molecule has 2 aromatic heterocycles. The van der Waals surface area contributed by atoms with Crippen LogP contribution in [0, 0.1) is 0 Å². The summed E-state index contributed by atoms with van der Waals surface area (Å²) in [5.41, 5.74) is 1.10. The number of fused-ring (bicyclic) bond motifs is 1. The van der Waals surface area contributed by atoms with Crippen LogP contribution in [0.5, 0.6) is 0 Å². The largest absolute Gasteiger partial charge is 0.315 e. The summed E-state index contributed by atoms with van der Waals surface area (Å²) in [6.07, 6.45) is 7.05. The van der Waals surface area contributed by atoms with Crippen molar-refractivity contribution in [2.45, 2.75) is 13.0 Å². The van der Waals surface area contributed by atoms with Gasteiger partial charge >= 0.3 is 0 Å². The first-order chi connectivity index (χ1) is 8.42. The monoisotopic (exact) mass is 231 g/mol. The molecule has 1 saturated heterocycles. The van der Waals surface area contributed by atoms with Crippen molar-refractivity contribution in [3.63, 3.8) is 0 Å². The fourth-order valence-electron chi connectivity index (χ4n) is 2.24. The Kier molecular flexibility index (Phi) is 3.02. The predicted octanol–water partition coefficient (Wildman–Crippen LogP) is 0.525. The molecule has 0 saturated carbocycles. The highest BCUT2D eigenvalue weighted by atomic mass is 15.2. The van der Waals surface area contributed by atoms with Crippen LogP contribution in [0.1, 0.15) is 12.1 Å². The zero-order valence-corrected chi connectivity index (χ0v) is 9.84. The van der Waals surface area contributed by atoms with E-state index < -0.39 is 0 Å². The van der Waals surface area contributed by atoms with E-state index in [2.05, 4.69) is 26.4 Å². The summed E-state index contributed by atoms with van der Waals surface area (Å²) in [7, 11) is 0. The fraction of sp³-hybridized carbons (Fsp3) is 0.500. The number of hydrogen-bond acceptors (Lipinski definition) is 4. The third-order valence-corrected chi connectivity index (χ3v) is 3.10. The average molecular weight is 231 g/mol. The van der Waals surface area contributed by atoms with Crippen molar-refractivity contribution in [2.24, 2.45) is 0 Å². The molecule has 1 N–H and O–H groups in total. The van der Waals surface area contributed by atoms with Gasteiger partial charge in [-0.15, -0.1) is 0 Å². The van der Waals surface area contributed by atoms with Crippen molar-refractivity contribution in [1.82, 2.24) is 24.6 Å². The molecule has 0 radical (unpaired) electrons. The van der Waals surface area contributed by atoms with E-state index in [0.717, 1.165) is 44.2 Å². The lowest BCUT2D eigenvalue weighted by Crippen LogP contribution is -2.27. The van der Waals surface area contributed by atoms with Gasteiger partial charge in [0.05, 0.1) is 5.69 Å². The third-order valence-electron chi connectivity index (χ3n) is 3.10. The minimum Gasteiger partial charge on any atom is -0.315 e. The van der Waals surface area contributed by atoms with Gasteiger partial charge in [0.15, 0.2) is 0 Å². The van der Waals surface area contributed by atoms with E-state index in [1.54, 1.807) is 6.20 Å². The van der Waals surface area contributed by atoms with Crippen LogP contribution >= 0.6 is 0 Å². The molecule has 2 aromatic rings. The summed E-state index contributed by atoms with van der Waals surface area (Å²) >= 11 is 0. The summed E-state index contributed by atoms with van der Waals surface area (Å²) in [4.78, 5) is 11.2. The molecule has 0 amide bonds. The lowest BCUT2D eigenvalue weighted by molar-refractivity contribution is 0.281. The highest BCUT2D eigenvalue weighted by molar-refractivity contribution is 5.29.